The molecule has 11 aromatic rings. The van der Waals surface area contributed by atoms with Crippen molar-refractivity contribution in [1.82, 2.24) is 0 Å². The summed E-state index contributed by atoms with van der Waals surface area (Å²) in [6.07, 6.45) is 6.55. The molecule has 0 aliphatic carbocycles. The van der Waals surface area contributed by atoms with E-state index in [9.17, 15) is 0 Å². The number of aryl methyl sites for hydroxylation is 2. The Balaban J connectivity index is 1.17. The predicted molar refractivity (Wildman–Crippen MR) is 313 cm³/mol. The van der Waals surface area contributed by atoms with Crippen molar-refractivity contribution in [3.63, 3.8) is 0 Å². The van der Waals surface area contributed by atoms with Crippen molar-refractivity contribution in [3.05, 3.63) is 199 Å². The molecule has 5 heteroatoms. The summed E-state index contributed by atoms with van der Waals surface area (Å²) in [4.78, 5) is 5.42. The number of benzene rings is 9. The molecule has 0 bridgehead atoms. The first-order chi connectivity index (χ1) is 34.8. The number of hydrogen-bond donors (Lipinski definition) is 0. The molecule has 2 nitrogen and oxygen atoms in total. The molecule has 0 fully saturated rings. The fourth-order valence-electron chi connectivity index (χ4n) is 11.9. The van der Waals surface area contributed by atoms with Gasteiger partial charge in [-0.15, -0.1) is 22.7 Å². The van der Waals surface area contributed by atoms with E-state index in [0.29, 0.717) is 0 Å². The third-order valence-electron chi connectivity index (χ3n) is 15.4. The zero-order valence-electron chi connectivity index (χ0n) is 41.4. The first-order valence-corrected chi connectivity index (χ1v) is 27.5. The van der Waals surface area contributed by atoms with Gasteiger partial charge in [0.2, 0.25) is 0 Å². The van der Waals surface area contributed by atoms with E-state index in [1.807, 2.05) is 22.7 Å². The highest BCUT2D eigenvalue weighted by Gasteiger charge is 2.45. The Labute approximate surface area is 426 Å². The Hall–Kier alpha value is -6.92. The molecule has 0 radical (unpaired) electrons. The summed E-state index contributed by atoms with van der Waals surface area (Å²) in [6, 6.07) is 69.7. The Morgan fingerprint density at radius 2 is 0.831 bits per heavy atom. The minimum Gasteiger partial charge on any atom is -0.311 e. The summed E-state index contributed by atoms with van der Waals surface area (Å²) in [5.74, 6) is 0. The monoisotopic (exact) mass is 952 g/mol. The van der Waals surface area contributed by atoms with Gasteiger partial charge >= 0.3 is 0 Å². The second-order valence-corrected chi connectivity index (χ2v) is 22.9. The average Bonchev–Trinajstić information content (AvgIpc) is 3.98. The number of unbranched alkanes of at least 4 members (excludes halogenated alkanes) is 2. The molecule has 9 aromatic carbocycles. The largest absolute Gasteiger partial charge is 0.311 e. The van der Waals surface area contributed by atoms with Crippen LogP contribution in [0.15, 0.2) is 182 Å². The Morgan fingerprint density at radius 1 is 0.408 bits per heavy atom. The van der Waals surface area contributed by atoms with E-state index in [1.165, 1.54) is 130 Å². The van der Waals surface area contributed by atoms with E-state index in [2.05, 4.69) is 226 Å². The van der Waals surface area contributed by atoms with Crippen molar-refractivity contribution in [2.45, 2.75) is 78.6 Å². The summed E-state index contributed by atoms with van der Waals surface area (Å²) in [6.45, 7) is 11.8. The molecule has 2 aliphatic rings. The van der Waals surface area contributed by atoms with Crippen LogP contribution >= 0.6 is 22.7 Å². The highest BCUT2D eigenvalue weighted by molar-refractivity contribution is 7.26. The molecule has 4 heterocycles. The zero-order valence-corrected chi connectivity index (χ0v) is 43.0. The molecule has 0 N–H and O–H groups in total. The van der Waals surface area contributed by atoms with Crippen molar-refractivity contribution in [1.29, 1.82) is 0 Å². The molecular weight excluding hydrogens is 896 g/mol. The number of hydrogen-bond acceptors (Lipinski definition) is 4. The first-order valence-electron chi connectivity index (χ1n) is 25.8. The maximum absolute atomic E-state index is 2.71. The van der Waals surface area contributed by atoms with Crippen LogP contribution < -0.4 is 26.2 Å². The van der Waals surface area contributed by atoms with E-state index in [4.69, 9.17) is 0 Å². The Bertz CT molecular complexity index is 3620. The molecule has 13 rings (SSSR count). The van der Waals surface area contributed by atoms with Gasteiger partial charge in [-0.05, 0) is 135 Å². The van der Waals surface area contributed by atoms with Gasteiger partial charge in [0.05, 0.1) is 11.4 Å². The lowest BCUT2D eigenvalue weighted by molar-refractivity contribution is 0.590. The minimum atomic E-state index is -0.131. The SMILES string of the molecule is CCCCc1c(N2c3ccc(-c4ccccc4)cc3B3c4cc(-c5ccccc5)ccc4N(c4ccc5c(sc6ccccc65)c4CCCC)c4cc(C(C)(C)C)cc2c43)ccc2c1sc1ccccc12. The Morgan fingerprint density at radius 3 is 1.27 bits per heavy atom. The van der Waals surface area contributed by atoms with Crippen LogP contribution in [0, 0.1) is 0 Å². The fraction of sp³-hybridized carbons (Fsp3) is 0.182. The molecule has 0 atom stereocenters. The topological polar surface area (TPSA) is 6.48 Å². The standard InChI is InChI=1S/C66H57BN2S2/c1-6-8-24-51-55(36-32-49-47-26-16-18-28-61(47)70-64(49)51)68-57-34-30-44(42-20-12-10-13-21-42)38-53(57)67-54-39-45(43-22-14-11-15-23-43)31-35-58(54)69(60-41-46(66(3,4)5)40-59(68)63(60)67)56-37-33-50-48-27-17-19-29-62(48)71-65(50)52(56)25-9-7-2/h10-23,26-41H,6-9,24-25H2,1-5H3. The van der Waals surface area contributed by atoms with Gasteiger partial charge in [-0.2, -0.15) is 0 Å². The van der Waals surface area contributed by atoms with Gasteiger partial charge in [0.1, 0.15) is 0 Å². The Kier molecular flexibility index (Phi) is 10.8. The van der Waals surface area contributed by atoms with Crippen molar-refractivity contribution in [3.8, 4) is 22.3 Å². The summed E-state index contributed by atoms with van der Waals surface area (Å²) >= 11 is 3.94. The first kappa shape index (κ1) is 44.1. The highest BCUT2D eigenvalue weighted by atomic mass is 32.1. The molecule has 0 saturated carbocycles. The summed E-state index contributed by atoms with van der Waals surface area (Å²) in [7, 11) is 0. The van der Waals surface area contributed by atoms with Crippen LogP contribution in [-0.2, 0) is 18.3 Å². The average molecular weight is 953 g/mol. The van der Waals surface area contributed by atoms with Gasteiger partial charge in [-0.25, -0.2) is 0 Å². The molecular formula is C66H57BN2S2. The second-order valence-electron chi connectivity index (χ2n) is 20.8. The van der Waals surface area contributed by atoms with Gasteiger partial charge < -0.3 is 9.80 Å². The molecule has 0 amide bonds. The molecule has 2 aliphatic heterocycles. The molecule has 0 saturated heterocycles. The normalized spacial score (nSPS) is 13.1. The van der Waals surface area contributed by atoms with Crippen LogP contribution in [0.4, 0.5) is 34.1 Å². The maximum atomic E-state index is 2.71. The van der Waals surface area contributed by atoms with Gasteiger partial charge in [-0.1, -0.05) is 181 Å². The maximum Gasteiger partial charge on any atom is 0.252 e. The number of nitrogens with zero attached hydrogens (tertiary/aromatic N) is 2. The lowest BCUT2D eigenvalue weighted by atomic mass is 9.33. The number of anilines is 6. The van der Waals surface area contributed by atoms with E-state index in [-0.39, 0.29) is 12.1 Å². The number of rotatable bonds is 10. The summed E-state index contributed by atoms with van der Waals surface area (Å²) in [5.41, 5.74) is 20.8. The van der Waals surface area contributed by atoms with Crippen molar-refractivity contribution < 1.29 is 0 Å². The van der Waals surface area contributed by atoms with Crippen molar-refractivity contribution in [2.75, 3.05) is 9.80 Å². The van der Waals surface area contributed by atoms with E-state index in [0.717, 1.165) is 38.5 Å². The van der Waals surface area contributed by atoms with Gasteiger partial charge in [-0.3, -0.25) is 0 Å². The molecule has 71 heavy (non-hydrogen) atoms. The smallest absolute Gasteiger partial charge is 0.252 e. The molecule has 2 aromatic heterocycles. The number of thiophene rings is 2. The van der Waals surface area contributed by atoms with Crippen molar-refractivity contribution >= 4 is 120 Å². The zero-order chi connectivity index (χ0) is 48.0. The van der Waals surface area contributed by atoms with Gasteiger partial charge in [0.25, 0.3) is 6.71 Å². The number of fused-ring (bicyclic) bond motifs is 10. The van der Waals surface area contributed by atoms with Gasteiger partial charge in [0, 0.05) is 63.1 Å². The fourth-order valence-corrected chi connectivity index (χ4v) is 14.4. The third-order valence-corrected chi connectivity index (χ3v) is 17.9. The molecule has 0 spiro atoms. The van der Waals surface area contributed by atoms with E-state index >= 15 is 0 Å². The van der Waals surface area contributed by atoms with Crippen LogP contribution in [-0.4, -0.2) is 6.71 Å². The lowest BCUT2D eigenvalue weighted by Gasteiger charge is -2.46. The van der Waals surface area contributed by atoms with Gasteiger partial charge in [0.15, 0.2) is 0 Å². The van der Waals surface area contributed by atoms with Crippen LogP contribution in [0.5, 0.6) is 0 Å². The predicted octanol–water partition coefficient (Wildman–Crippen LogP) is 17.8. The highest BCUT2D eigenvalue weighted by Crippen LogP contribution is 2.51. The van der Waals surface area contributed by atoms with Crippen molar-refractivity contribution in [2.24, 2.45) is 0 Å². The third kappa shape index (κ3) is 7.18. The molecule has 346 valence electrons. The van der Waals surface area contributed by atoms with Crippen LogP contribution in [0.1, 0.15) is 77.0 Å². The lowest BCUT2D eigenvalue weighted by Crippen LogP contribution is -2.61. The summed E-state index contributed by atoms with van der Waals surface area (Å²) in [5, 5.41) is 5.44. The van der Waals surface area contributed by atoms with E-state index in [1.54, 1.807) is 0 Å². The van der Waals surface area contributed by atoms with Crippen LogP contribution in [0.3, 0.4) is 0 Å². The second kappa shape index (κ2) is 17.4. The quantitative estimate of drug-likeness (QED) is 0.126. The van der Waals surface area contributed by atoms with Crippen LogP contribution in [0.25, 0.3) is 62.6 Å². The minimum absolute atomic E-state index is 0.0295. The van der Waals surface area contributed by atoms with E-state index < -0.39 is 0 Å². The molecule has 0 unspecified atom stereocenters. The summed E-state index contributed by atoms with van der Waals surface area (Å²) < 4.78 is 5.54. The van der Waals surface area contributed by atoms with Crippen LogP contribution in [0.2, 0.25) is 0 Å².